The highest BCUT2D eigenvalue weighted by Crippen LogP contribution is 2.62. The third-order valence-corrected chi connectivity index (χ3v) is 8.65. The molecule has 1 N–H and O–H groups in total. The third kappa shape index (κ3) is 5.49. The zero-order valence-corrected chi connectivity index (χ0v) is 20.8. The summed E-state index contributed by atoms with van der Waals surface area (Å²) in [6.07, 6.45) is 10.7. The molecule has 7 heteroatoms. The van der Waals surface area contributed by atoms with Crippen LogP contribution in [0.4, 0.5) is 0 Å². The highest BCUT2D eigenvalue weighted by atomic mass is 16.5. The van der Waals surface area contributed by atoms with Crippen LogP contribution in [-0.4, -0.2) is 39.1 Å². The molecule has 2 aliphatic rings. The van der Waals surface area contributed by atoms with Crippen molar-refractivity contribution in [2.75, 3.05) is 7.11 Å². The summed E-state index contributed by atoms with van der Waals surface area (Å²) in [6.45, 7) is 12.1. The van der Waals surface area contributed by atoms with Crippen molar-refractivity contribution in [1.29, 1.82) is 0 Å². The number of carboxylic acid groups (broad SMARTS) is 1. The number of fused-ring (bicyclic) bond motifs is 1. The van der Waals surface area contributed by atoms with E-state index in [2.05, 4.69) is 37.7 Å². The smallest absolute Gasteiger partial charge is 0.311 e. The molecule has 2 fully saturated rings. The van der Waals surface area contributed by atoms with E-state index in [1.165, 1.54) is 12.7 Å². The van der Waals surface area contributed by atoms with Crippen LogP contribution in [0.3, 0.4) is 0 Å². The Balaban J connectivity index is 1.57. The van der Waals surface area contributed by atoms with E-state index in [9.17, 15) is 9.59 Å². The van der Waals surface area contributed by atoms with Crippen molar-refractivity contribution in [2.45, 2.75) is 91.5 Å². The van der Waals surface area contributed by atoms with Gasteiger partial charge in [-0.2, -0.15) is 0 Å². The predicted octanol–water partition coefficient (Wildman–Crippen LogP) is 5.05. The van der Waals surface area contributed by atoms with Gasteiger partial charge in [0.15, 0.2) is 0 Å². The molecule has 3 rings (SSSR count). The number of carbonyl (C=O) groups is 2. The lowest BCUT2D eigenvalue weighted by Gasteiger charge is -2.57. The maximum absolute atomic E-state index is 12.7. The molecule has 1 aromatic rings. The minimum absolute atomic E-state index is 0.0476. The van der Waals surface area contributed by atoms with Crippen molar-refractivity contribution >= 4 is 11.9 Å². The first-order valence-electron chi connectivity index (χ1n) is 12.5. The van der Waals surface area contributed by atoms with Gasteiger partial charge in [-0.25, -0.2) is 0 Å². The first-order chi connectivity index (χ1) is 15.6. The topological polar surface area (TPSA) is 94.3 Å². The standard InChI is InChI=1S/C26H41N3O4/c1-18(13-16-29-17-20(27-28-29)9-12-23(30)31)7-10-21-19(2)8-11-22-25(21,3)14-6-15-26(22,4)24(32)33-5/h17-18,21-22H,2,6-16H2,1,3-5H3,(H,30,31)/t18-,21+,22?,25-,26+/m1/s1. The van der Waals surface area contributed by atoms with Gasteiger partial charge in [-0.3, -0.25) is 14.3 Å². The SMILES string of the molecule is C=C1CCC2[C@](C)(CCC[C@]2(C)C(=O)OC)[C@H]1CC[C@@H](C)CCn1cc(CCC(=O)O)nn1. The van der Waals surface area contributed by atoms with Crippen LogP contribution in [0.1, 0.15) is 84.3 Å². The lowest BCUT2D eigenvalue weighted by molar-refractivity contribution is -0.168. The number of methoxy groups -OCH3 is 1. The molecule has 2 aliphatic carbocycles. The van der Waals surface area contributed by atoms with Crippen molar-refractivity contribution in [3.63, 3.8) is 0 Å². The molecule has 1 unspecified atom stereocenters. The van der Waals surface area contributed by atoms with Gasteiger partial charge in [0.05, 0.1) is 24.6 Å². The van der Waals surface area contributed by atoms with Crippen LogP contribution in [0.5, 0.6) is 0 Å². The molecular formula is C26H41N3O4. The molecule has 1 heterocycles. The van der Waals surface area contributed by atoms with E-state index in [0.29, 0.717) is 24.2 Å². The number of allylic oxidation sites excluding steroid dienone is 1. The second-order valence-electron chi connectivity index (χ2n) is 10.9. The molecule has 1 aromatic heterocycles. The third-order valence-electron chi connectivity index (χ3n) is 8.65. The summed E-state index contributed by atoms with van der Waals surface area (Å²) in [7, 11) is 1.52. The summed E-state index contributed by atoms with van der Waals surface area (Å²) in [5.74, 6) is 0.453. The molecule has 0 bridgehead atoms. The van der Waals surface area contributed by atoms with E-state index in [0.717, 1.165) is 63.6 Å². The van der Waals surface area contributed by atoms with Crippen LogP contribution in [0.15, 0.2) is 18.3 Å². The first-order valence-corrected chi connectivity index (χ1v) is 12.5. The van der Waals surface area contributed by atoms with Crippen LogP contribution in [-0.2, 0) is 27.3 Å². The summed E-state index contributed by atoms with van der Waals surface area (Å²) in [4.78, 5) is 23.5. The van der Waals surface area contributed by atoms with Crippen molar-refractivity contribution in [3.05, 3.63) is 24.0 Å². The zero-order valence-electron chi connectivity index (χ0n) is 20.8. The lowest BCUT2D eigenvalue weighted by Crippen LogP contribution is -2.53. The molecular weight excluding hydrogens is 418 g/mol. The summed E-state index contributed by atoms with van der Waals surface area (Å²) < 4.78 is 7.07. The van der Waals surface area contributed by atoms with E-state index in [-0.39, 0.29) is 17.8 Å². The average Bonchev–Trinajstić information content (AvgIpc) is 3.23. The van der Waals surface area contributed by atoms with Crippen LogP contribution >= 0.6 is 0 Å². The number of aryl methyl sites for hydroxylation is 2. The largest absolute Gasteiger partial charge is 0.481 e. The van der Waals surface area contributed by atoms with E-state index in [4.69, 9.17) is 9.84 Å². The predicted molar refractivity (Wildman–Crippen MR) is 126 cm³/mol. The van der Waals surface area contributed by atoms with Gasteiger partial charge in [-0.05, 0) is 68.6 Å². The second-order valence-corrected chi connectivity index (χ2v) is 10.9. The number of nitrogens with zero attached hydrogens (tertiary/aromatic N) is 3. The number of rotatable bonds is 10. The Morgan fingerprint density at radius 1 is 1.33 bits per heavy atom. The van der Waals surface area contributed by atoms with Crippen molar-refractivity contribution in [2.24, 2.45) is 28.6 Å². The minimum atomic E-state index is -0.816. The van der Waals surface area contributed by atoms with Gasteiger partial charge >= 0.3 is 11.9 Å². The fraction of sp³-hybridized carbons (Fsp3) is 0.769. The summed E-state index contributed by atoms with van der Waals surface area (Å²) in [6, 6.07) is 0. The Bertz CT molecular complexity index is 865. The van der Waals surface area contributed by atoms with Gasteiger partial charge in [0.1, 0.15) is 0 Å². The van der Waals surface area contributed by atoms with E-state index >= 15 is 0 Å². The molecule has 33 heavy (non-hydrogen) atoms. The molecule has 0 aliphatic heterocycles. The highest BCUT2D eigenvalue weighted by Gasteiger charge is 2.57. The quantitative estimate of drug-likeness (QED) is 0.388. The molecule has 0 amide bonds. The maximum atomic E-state index is 12.7. The Morgan fingerprint density at radius 3 is 2.79 bits per heavy atom. The molecule has 5 atom stereocenters. The Kier molecular flexibility index (Phi) is 8.01. The fourth-order valence-corrected chi connectivity index (χ4v) is 6.71. The van der Waals surface area contributed by atoms with Gasteiger partial charge in [-0.15, -0.1) is 5.10 Å². The van der Waals surface area contributed by atoms with E-state index < -0.39 is 11.4 Å². The highest BCUT2D eigenvalue weighted by molar-refractivity contribution is 5.77. The van der Waals surface area contributed by atoms with Gasteiger partial charge in [0.2, 0.25) is 0 Å². The summed E-state index contributed by atoms with van der Waals surface area (Å²) in [5, 5.41) is 17.1. The van der Waals surface area contributed by atoms with Crippen LogP contribution in [0, 0.1) is 28.6 Å². The van der Waals surface area contributed by atoms with E-state index in [1.54, 1.807) is 0 Å². The van der Waals surface area contributed by atoms with Gasteiger partial charge in [0, 0.05) is 19.2 Å². The Morgan fingerprint density at radius 2 is 2.09 bits per heavy atom. The zero-order chi connectivity index (χ0) is 24.2. The van der Waals surface area contributed by atoms with Crippen LogP contribution in [0.2, 0.25) is 0 Å². The van der Waals surface area contributed by atoms with Gasteiger partial charge in [-0.1, -0.05) is 44.1 Å². The summed E-state index contributed by atoms with van der Waals surface area (Å²) >= 11 is 0. The number of aliphatic carboxylic acids is 1. The monoisotopic (exact) mass is 459 g/mol. The second kappa shape index (κ2) is 10.4. The molecule has 2 saturated carbocycles. The molecule has 0 spiro atoms. The van der Waals surface area contributed by atoms with E-state index in [1.807, 2.05) is 10.9 Å². The lowest BCUT2D eigenvalue weighted by atomic mass is 9.46. The number of aromatic nitrogens is 3. The first kappa shape index (κ1) is 25.4. The number of ether oxygens (including phenoxy) is 1. The minimum Gasteiger partial charge on any atom is -0.481 e. The fourth-order valence-electron chi connectivity index (χ4n) is 6.71. The molecule has 7 nitrogen and oxygen atoms in total. The molecule has 184 valence electrons. The van der Waals surface area contributed by atoms with Crippen LogP contribution in [0.25, 0.3) is 0 Å². The van der Waals surface area contributed by atoms with Crippen molar-refractivity contribution in [3.8, 4) is 0 Å². The number of hydrogen-bond acceptors (Lipinski definition) is 5. The number of esters is 1. The Hall–Kier alpha value is -2.18. The number of carboxylic acids is 1. The normalized spacial score (nSPS) is 30.5. The van der Waals surface area contributed by atoms with Crippen molar-refractivity contribution < 1.29 is 19.4 Å². The molecule has 0 saturated heterocycles. The Labute approximate surface area is 198 Å². The number of hydrogen-bond donors (Lipinski definition) is 1. The van der Waals surface area contributed by atoms with Crippen molar-refractivity contribution in [1.82, 2.24) is 15.0 Å². The summed E-state index contributed by atoms with van der Waals surface area (Å²) in [5.41, 5.74) is 1.79. The molecule has 0 radical (unpaired) electrons. The number of carbonyl (C=O) groups excluding carboxylic acids is 1. The van der Waals surface area contributed by atoms with Crippen LogP contribution < -0.4 is 0 Å². The van der Waals surface area contributed by atoms with Gasteiger partial charge in [0.25, 0.3) is 0 Å². The average molecular weight is 460 g/mol. The molecule has 0 aromatic carbocycles. The van der Waals surface area contributed by atoms with Gasteiger partial charge < -0.3 is 9.84 Å². The maximum Gasteiger partial charge on any atom is 0.311 e.